The normalized spacial score (nSPS) is 23.7. The van der Waals surface area contributed by atoms with Crippen LogP contribution in [0.5, 0.6) is 0 Å². The quantitative estimate of drug-likeness (QED) is 0.904. The van der Waals surface area contributed by atoms with E-state index in [-0.39, 0.29) is 17.7 Å². The zero-order valence-electron chi connectivity index (χ0n) is 14.1. The molecule has 4 rings (SSSR count). The highest BCUT2D eigenvalue weighted by molar-refractivity contribution is 5.33. The minimum atomic E-state index is -0.477. The molecule has 2 fully saturated rings. The summed E-state index contributed by atoms with van der Waals surface area (Å²) < 4.78 is 19.4. The molecule has 130 valence electrons. The number of nitriles is 1. The van der Waals surface area contributed by atoms with Crippen molar-refractivity contribution in [2.75, 3.05) is 13.7 Å². The Hall–Kier alpha value is -2.30. The Morgan fingerprint density at radius 1 is 1.44 bits per heavy atom. The van der Waals surface area contributed by atoms with Crippen LogP contribution in [0.25, 0.3) is 0 Å². The van der Waals surface area contributed by atoms with E-state index in [0.717, 1.165) is 43.0 Å². The summed E-state index contributed by atoms with van der Waals surface area (Å²) in [5.74, 6) is 1.79. The van der Waals surface area contributed by atoms with Crippen LogP contribution >= 0.6 is 0 Å². The third kappa shape index (κ3) is 3.28. The van der Waals surface area contributed by atoms with Crippen molar-refractivity contribution >= 4 is 0 Å². The fraction of sp³-hybridized carbons (Fsp3) is 0.500. The number of hydrogen-bond donors (Lipinski definition) is 1. The molecule has 0 unspecified atom stereocenters. The molecule has 1 saturated heterocycles. The van der Waals surface area contributed by atoms with Gasteiger partial charge in [-0.2, -0.15) is 10.4 Å². The lowest BCUT2D eigenvalue weighted by molar-refractivity contribution is 0.107. The lowest BCUT2D eigenvalue weighted by atomic mass is 10.1. The van der Waals surface area contributed by atoms with Crippen LogP contribution in [0.3, 0.4) is 0 Å². The first-order valence-electron chi connectivity index (χ1n) is 8.55. The summed E-state index contributed by atoms with van der Waals surface area (Å²) in [6.45, 7) is 1.33. The lowest BCUT2D eigenvalue weighted by Crippen LogP contribution is -2.25. The zero-order chi connectivity index (χ0) is 17.4. The average molecular weight is 341 g/mol. The number of likely N-dealkylation sites (tertiary alicyclic amines) is 1. The number of hydrogen-bond acceptors (Lipinski definition) is 5. The summed E-state index contributed by atoms with van der Waals surface area (Å²) in [5, 5.41) is 16.3. The topological polar surface area (TPSA) is 77.8 Å². The number of halogens is 1. The Bertz CT molecular complexity index is 810. The van der Waals surface area contributed by atoms with Gasteiger partial charge in [0.25, 0.3) is 0 Å². The van der Waals surface area contributed by atoms with Crippen molar-refractivity contribution in [3.63, 3.8) is 0 Å². The highest BCUT2D eigenvalue weighted by Crippen LogP contribution is 2.39. The van der Waals surface area contributed by atoms with Crippen LogP contribution in [-0.2, 0) is 11.3 Å². The van der Waals surface area contributed by atoms with Crippen molar-refractivity contribution in [1.29, 1.82) is 5.26 Å². The van der Waals surface area contributed by atoms with E-state index in [1.165, 1.54) is 12.1 Å². The van der Waals surface area contributed by atoms with Crippen molar-refractivity contribution in [1.82, 2.24) is 20.1 Å². The van der Waals surface area contributed by atoms with Gasteiger partial charge in [0.15, 0.2) is 5.82 Å². The first-order valence-corrected chi connectivity index (χ1v) is 8.55. The van der Waals surface area contributed by atoms with Gasteiger partial charge in [-0.05, 0) is 37.0 Å². The van der Waals surface area contributed by atoms with Gasteiger partial charge in [-0.3, -0.25) is 10.00 Å². The number of benzene rings is 1. The van der Waals surface area contributed by atoms with Crippen molar-refractivity contribution in [2.24, 2.45) is 0 Å². The molecule has 1 saturated carbocycles. The molecule has 6 nitrogen and oxygen atoms in total. The van der Waals surface area contributed by atoms with Gasteiger partial charge in [-0.25, -0.2) is 9.37 Å². The largest absolute Gasteiger partial charge is 0.380 e. The molecule has 2 aromatic rings. The summed E-state index contributed by atoms with van der Waals surface area (Å²) >= 11 is 0. The molecule has 2 atom stereocenters. The van der Waals surface area contributed by atoms with E-state index in [0.29, 0.717) is 12.5 Å². The van der Waals surface area contributed by atoms with E-state index in [1.807, 2.05) is 6.07 Å². The van der Waals surface area contributed by atoms with E-state index in [9.17, 15) is 4.39 Å². The van der Waals surface area contributed by atoms with Crippen LogP contribution in [0.15, 0.2) is 18.2 Å². The minimum absolute atomic E-state index is 0.0702. The molecule has 7 heteroatoms. The molecule has 1 aromatic carbocycles. The van der Waals surface area contributed by atoms with Crippen molar-refractivity contribution < 1.29 is 9.13 Å². The summed E-state index contributed by atoms with van der Waals surface area (Å²) in [4.78, 5) is 6.91. The number of methoxy groups -OCH3 is 1. The summed E-state index contributed by atoms with van der Waals surface area (Å²) in [6, 6.07) is 6.69. The standard InChI is InChI=1S/C18H20FN5O/c1-25-14-7-16(18-21-17(22-23-18)12-4-5-12)24(10-14)9-11-2-3-13(8-20)15(19)6-11/h2-3,6,12,14,16H,4-5,7,9-10H2,1H3,(H,21,22,23)/t14-,16+/m1/s1. The second-order valence-electron chi connectivity index (χ2n) is 6.82. The molecule has 0 spiro atoms. The first kappa shape index (κ1) is 16.2. The molecular weight excluding hydrogens is 321 g/mol. The summed E-state index contributed by atoms with van der Waals surface area (Å²) in [7, 11) is 1.71. The number of aromatic nitrogens is 3. The Morgan fingerprint density at radius 2 is 2.28 bits per heavy atom. The van der Waals surface area contributed by atoms with Crippen LogP contribution in [0.1, 0.15) is 54.0 Å². The number of aromatic amines is 1. The molecule has 2 aliphatic rings. The van der Waals surface area contributed by atoms with E-state index in [2.05, 4.69) is 20.1 Å². The maximum Gasteiger partial charge on any atom is 0.153 e. The fourth-order valence-electron chi connectivity index (χ4n) is 3.43. The lowest BCUT2D eigenvalue weighted by Gasteiger charge is -2.22. The molecule has 2 heterocycles. The molecule has 1 aromatic heterocycles. The van der Waals surface area contributed by atoms with Gasteiger partial charge in [0.2, 0.25) is 0 Å². The van der Waals surface area contributed by atoms with Gasteiger partial charge in [0.05, 0.1) is 17.7 Å². The average Bonchev–Trinajstić information content (AvgIpc) is 3.20. The predicted molar refractivity (Wildman–Crippen MR) is 88.0 cm³/mol. The van der Waals surface area contributed by atoms with Crippen molar-refractivity contribution in [3.05, 3.63) is 46.8 Å². The van der Waals surface area contributed by atoms with E-state index in [1.54, 1.807) is 13.2 Å². The molecular formula is C18H20FN5O. The van der Waals surface area contributed by atoms with Crippen LogP contribution in [-0.4, -0.2) is 39.8 Å². The SMILES string of the molecule is CO[C@@H]1C[C@@H](c2nc(C3CC3)n[nH]2)N(Cc2ccc(C#N)c(F)c2)C1. The maximum atomic E-state index is 13.9. The molecule has 0 radical (unpaired) electrons. The molecule has 1 aliphatic heterocycles. The molecule has 1 aliphatic carbocycles. The van der Waals surface area contributed by atoms with Crippen LogP contribution in [0.4, 0.5) is 4.39 Å². The Morgan fingerprint density at radius 3 is 2.96 bits per heavy atom. The van der Waals surface area contributed by atoms with Crippen LogP contribution in [0.2, 0.25) is 0 Å². The number of H-pyrrole nitrogens is 1. The Labute approximate surface area is 145 Å². The van der Waals surface area contributed by atoms with E-state index >= 15 is 0 Å². The van der Waals surface area contributed by atoms with Crippen molar-refractivity contribution in [3.8, 4) is 6.07 Å². The van der Waals surface area contributed by atoms with Gasteiger partial charge >= 0.3 is 0 Å². The minimum Gasteiger partial charge on any atom is -0.380 e. The summed E-state index contributed by atoms with van der Waals surface area (Å²) in [5.41, 5.74) is 0.904. The highest BCUT2D eigenvalue weighted by atomic mass is 19.1. The van der Waals surface area contributed by atoms with Gasteiger partial charge in [-0.1, -0.05) is 6.07 Å². The molecule has 25 heavy (non-hydrogen) atoms. The zero-order valence-corrected chi connectivity index (χ0v) is 14.1. The van der Waals surface area contributed by atoms with E-state index in [4.69, 9.17) is 10.00 Å². The van der Waals surface area contributed by atoms with Crippen LogP contribution < -0.4 is 0 Å². The number of nitrogens with zero attached hydrogens (tertiary/aromatic N) is 4. The first-order chi connectivity index (χ1) is 12.2. The molecule has 1 N–H and O–H groups in total. The monoisotopic (exact) mass is 341 g/mol. The maximum absolute atomic E-state index is 13.9. The third-order valence-electron chi connectivity index (χ3n) is 5.02. The Balaban J connectivity index is 1.54. The fourth-order valence-corrected chi connectivity index (χ4v) is 3.43. The summed E-state index contributed by atoms with van der Waals surface area (Å²) in [6.07, 6.45) is 3.27. The Kier molecular flexibility index (Phi) is 4.24. The van der Waals surface area contributed by atoms with Gasteiger partial charge < -0.3 is 4.74 Å². The third-order valence-corrected chi connectivity index (χ3v) is 5.02. The van der Waals surface area contributed by atoms with Crippen molar-refractivity contribution in [2.45, 2.75) is 43.9 Å². The number of nitrogens with one attached hydrogen (secondary N) is 1. The van der Waals surface area contributed by atoms with Gasteiger partial charge in [0.1, 0.15) is 17.7 Å². The van der Waals surface area contributed by atoms with Crippen LogP contribution in [0, 0.1) is 17.1 Å². The highest BCUT2D eigenvalue weighted by Gasteiger charge is 2.36. The second-order valence-corrected chi connectivity index (χ2v) is 6.82. The van der Waals surface area contributed by atoms with Gasteiger partial charge in [0, 0.05) is 26.1 Å². The smallest absolute Gasteiger partial charge is 0.153 e. The molecule has 0 bridgehead atoms. The van der Waals surface area contributed by atoms with E-state index < -0.39 is 5.82 Å². The number of rotatable bonds is 5. The molecule has 0 amide bonds. The second kappa shape index (κ2) is 6.54. The predicted octanol–water partition coefficient (Wildman–Crippen LogP) is 2.65. The number of ether oxygens (including phenoxy) is 1. The van der Waals surface area contributed by atoms with Gasteiger partial charge in [-0.15, -0.1) is 0 Å².